The van der Waals surface area contributed by atoms with E-state index in [0.717, 1.165) is 5.56 Å². The van der Waals surface area contributed by atoms with Crippen LogP contribution in [0, 0.1) is 0 Å². The highest BCUT2D eigenvalue weighted by Crippen LogP contribution is 2.28. The molecule has 0 bridgehead atoms. The lowest BCUT2D eigenvalue weighted by Gasteiger charge is -2.37. The van der Waals surface area contributed by atoms with E-state index in [4.69, 9.17) is 9.47 Å². The number of aliphatic hydroxyl groups excluding tert-OH is 1. The van der Waals surface area contributed by atoms with E-state index in [1.54, 1.807) is 18.2 Å². The van der Waals surface area contributed by atoms with Crippen molar-refractivity contribution >= 4 is 5.97 Å². The number of carbonyl (C=O) groups is 1. The second-order valence-electron chi connectivity index (χ2n) is 9.07. The van der Waals surface area contributed by atoms with Crippen molar-refractivity contribution in [3.63, 3.8) is 0 Å². The lowest BCUT2D eigenvalue weighted by Crippen LogP contribution is -2.43. The molecule has 33 heavy (non-hydrogen) atoms. The molecule has 3 rings (SSSR count). The third-order valence-corrected chi connectivity index (χ3v) is 5.59. The van der Waals surface area contributed by atoms with Crippen LogP contribution in [0.2, 0.25) is 0 Å². The third-order valence-electron chi connectivity index (χ3n) is 5.59. The van der Waals surface area contributed by atoms with Gasteiger partial charge < -0.3 is 14.6 Å². The van der Waals surface area contributed by atoms with Gasteiger partial charge in [-0.1, -0.05) is 66.7 Å². The summed E-state index contributed by atoms with van der Waals surface area (Å²) in [5.41, 5.74) is 2.97. The van der Waals surface area contributed by atoms with Crippen molar-refractivity contribution in [2.24, 2.45) is 0 Å². The maximum Gasteiger partial charge on any atom is 0.341 e. The third kappa shape index (κ3) is 6.91. The maximum absolute atomic E-state index is 12.4. The van der Waals surface area contributed by atoms with E-state index in [-0.39, 0.29) is 5.54 Å². The lowest BCUT2D eigenvalue weighted by atomic mass is 10.00. The van der Waals surface area contributed by atoms with Crippen LogP contribution in [0.3, 0.4) is 0 Å². The Morgan fingerprint density at radius 3 is 2.12 bits per heavy atom. The van der Waals surface area contributed by atoms with Crippen LogP contribution in [0.5, 0.6) is 5.75 Å². The van der Waals surface area contributed by atoms with Gasteiger partial charge in [-0.05, 0) is 49.6 Å². The molecule has 0 saturated heterocycles. The van der Waals surface area contributed by atoms with Gasteiger partial charge >= 0.3 is 5.97 Å². The van der Waals surface area contributed by atoms with Crippen LogP contribution in [0.4, 0.5) is 0 Å². The Balaban J connectivity index is 1.79. The summed E-state index contributed by atoms with van der Waals surface area (Å²) in [6.45, 7) is 7.85. The fourth-order valence-corrected chi connectivity index (χ4v) is 3.58. The van der Waals surface area contributed by atoms with Gasteiger partial charge in [0.25, 0.3) is 0 Å². The summed E-state index contributed by atoms with van der Waals surface area (Å²) >= 11 is 0. The first-order valence-electron chi connectivity index (χ1n) is 11.1. The highest BCUT2D eigenvalue weighted by molar-refractivity contribution is 5.92. The summed E-state index contributed by atoms with van der Waals surface area (Å²) in [6.07, 6.45) is -0.778. The van der Waals surface area contributed by atoms with Crippen LogP contribution in [0.15, 0.2) is 78.9 Å². The molecular formula is C28H33NO4. The second-order valence-corrected chi connectivity index (χ2v) is 9.07. The Morgan fingerprint density at radius 2 is 1.55 bits per heavy atom. The van der Waals surface area contributed by atoms with Gasteiger partial charge in [-0.25, -0.2) is 4.79 Å². The highest BCUT2D eigenvalue weighted by atomic mass is 16.5. The van der Waals surface area contributed by atoms with Crippen LogP contribution in [-0.2, 0) is 17.9 Å². The normalized spacial score (nSPS) is 12.4. The summed E-state index contributed by atoms with van der Waals surface area (Å²) in [7, 11) is 1.34. The average molecular weight is 448 g/mol. The number of β-amino-alcohol motifs (C(OH)–C–C–N with tert-alkyl or cyclic N) is 1. The molecule has 0 spiro atoms. The van der Waals surface area contributed by atoms with Crippen molar-refractivity contribution in [3.05, 3.63) is 101 Å². The van der Waals surface area contributed by atoms with E-state index in [9.17, 15) is 9.90 Å². The fourth-order valence-electron chi connectivity index (χ4n) is 3.58. The van der Waals surface area contributed by atoms with Crippen LogP contribution in [-0.4, -0.2) is 35.2 Å². The molecule has 1 N–H and O–H groups in total. The number of ether oxygens (including phenoxy) is 2. The Bertz CT molecular complexity index is 1030. The van der Waals surface area contributed by atoms with Gasteiger partial charge in [-0.15, -0.1) is 0 Å². The molecular weight excluding hydrogens is 414 g/mol. The molecule has 0 aliphatic carbocycles. The van der Waals surface area contributed by atoms with Gasteiger partial charge in [0.15, 0.2) is 0 Å². The van der Waals surface area contributed by atoms with Crippen molar-refractivity contribution in [3.8, 4) is 5.75 Å². The minimum atomic E-state index is -0.778. The number of esters is 1. The van der Waals surface area contributed by atoms with Crippen molar-refractivity contribution in [1.82, 2.24) is 4.90 Å². The highest BCUT2D eigenvalue weighted by Gasteiger charge is 2.25. The van der Waals surface area contributed by atoms with Crippen LogP contribution < -0.4 is 4.74 Å². The standard InChI is InChI=1S/C28H33NO4/c1-28(2,3)29(18-21-11-7-5-8-12-21)19-25(30)23-15-16-26(24(17-23)27(31)32-4)33-20-22-13-9-6-10-14-22/h5-17,25,30H,18-20H2,1-4H3/t25-/m1/s1. The molecule has 5 heteroatoms. The number of hydrogen-bond donors (Lipinski definition) is 1. The number of rotatable bonds is 9. The Kier molecular flexibility index (Phi) is 8.26. The quantitative estimate of drug-likeness (QED) is 0.446. The molecule has 0 heterocycles. The Morgan fingerprint density at radius 1 is 0.939 bits per heavy atom. The molecule has 0 unspecified atom stereocenters. The van der Waals surface area contributed by atoms with E-state index in [2.05, 4.69) is 37.8 Å². The number of aliphatic hydroxyl groups is 1. The van der Waals surface area contributed by atoms with E-state index < -0.39 is 12.1 Å². The second kappa shape index (κ2) is 11.1. The number of benzene rings is 3. The van der Waals surface area contributed by atoms with Crippen LogP contribution >= 0.6 is 0 Å². The van der Waals surface area contributed by atoms with E-state index >= 15 is 0 Å². The molecule has 1 atom stereocenters. The van der Waals surface area contributed by atoms with Crippen molar-refractivity contribution < 1.29 is 19.4 Å². The smallest absolute Gasteiger partial charge is 0.341 e. The molecule has 0 aliphatic rings. The zero-order chi connectivity index (χ0) is 23.8. The first kappa shape index (κ1) is 24.5. The van der Waals surface area contributed by atoms with E-state index in [1.807, 2.05) is 48.5 Å². The van der Waals surface area contributed by atoms with Gasteiger partial charge in [0.2, 0.25) is 0 Å². The molecule has 3 aromatic rings. The minimum Gasteiger partial charge on any atom is -0.488 e. The molecule has 0 saturated carbocycles. The summed E-state index contributed by atoms with van der Waals surface area (Å²) in [6, 6.07) is 25.1. The lowest BCUT2D eigenvalue weighted by molar-refractivity contribution is 0.0519. The Labute approximate surface area is 196 Å². The molecule has 174 valence electrons. The molecule has 0 aromatic heterocycles. The minimum absolute atomic E-state index is 0.152. The zero-order valence-electron chi connectivity index (χ0n) is 19.8. The molecule has 3 aromatic carbocycles. The van der Waals surface area contributed by atoms with Crippen LogP contribution in [0.1, 0.15) is 53.9 Å². The Hall–Kier alpha value is -3.15. The predicted octanol–water partition coefficient (Wildman–Crippen LogP) is 5.39. The first-order valence-corrected chi connectivity index (χ1v) is 11.1. The van der Waals surface area contributed by atoms with Gasteiger partial charge in [0, 0.05) is 18.6 Å². The van der Waals surface area contributed by atoms with E-state index in [0.29, 0.717) is 36.6 Å². The molecule has 0 amide bonds. The van der Waals surface area contributed by atoms with Crippen molar-refractivity contribution in [2.45, 2.75) is 45.6 Å². The number of nitrogens with zero attached hydrogens (tertiary/aromatic N) is 1. The summed E-state index contributed by atoms with van der Waals surface area (Å²) in [5.74, 6) is -0.0670. The van der Waals surface area contributed by atoms with Crippen molar-refractivity contribution in [1.29, 1.82) is 0 Å². The number of hydrogen-bond acceptors (Lipinski definition) is 5. The summed E-state index contributed by atoms with van der Waals surface area (Å²) in [4.78, 5) is 14.7. The first-order chi connectivity index (χ1) is 15.8. The van der Waals surface area contributed by atoms with Crippen LogP contribution in [0.25, 0.3) is 0 Å². The van der Waals surface area contributed by atoms with E-state index in [1.165, 1.54) is 12.7 Å². The average Bonchev–Trinajstić information content (AvgIpc) is 2.82. The molecule has 0 aliphatic heterocycles. The van der Waals surface area contributed by atoms with Gasteiger partial charge in [-0.2, -0.15) is 0 Å². The van der Waals surface area contributed by atoms with Gasteiger partial charge in [-0.3, -0.25) is 4.90 Å². The number of methoxy groups -OCH3 is 1. The summed E-state index contributed by atoms with van der Waals surface area (Å²) < 4.78 is 10.9. The summed E-state index contributed by atoms with van der Waals surface area (Å²) in [5, 5.41) is 11.1. The largest absolute Gasteiger partial charge is 0.488 e. The van der Waals surface area contributed by atoms with Gasteiger partial charge in [0.1, 0.15) is 17.9 Å². The molecule has 5 nitrogen and oxygen atoms in total. The van der Waals surface area contributed by atoms with Crippen molar-refractivity contribution in [2.75, 3.05) is 13.7 Å². The zero-order valence-corrected chi connectivity index (χ0v) is 19.8. The van der Waals surface area contributed by atoms with Gasteiger partial charge in [0.05, 0.1) is 13.2 Å². The topological polar surface area (TPSA) is 59.0 Å². The molecule has 0 radical (unpaired) electrons. The number of carbonyl (C=O) groups excluding carboxylic acids is 1. The maximum atomic E-state index is 12.4. The fraction of sp³-hybridized carbons (Fsp3) is 0.321. The molecule has 0 fully saturated rings. The monoisotopic (exact) mass is 447 g/mol. The predicted molar refractivity (Wildman–Crippen MR) is 130 cm³/mol. The SMILES string of the molecule is COC(=O)c1cc([C@H](O)CN(Cc2ccccc2)C(C)(C)C)ccc1OCc1ccccc1.